The summed E-state index contributed by atoms with van der Waals surface area (Å²) >= 11 is 0. The SMILES string of the molecule is CC[C@@H](C)c1ccc(NC(=O)c2ccc(C(=O)Nc3ccc([C@@H](C)CC)cc3)cc2)cc1. The molecule has 0 saturated carbocycles. The molecule has 0 radical (unpaired) electrons. The minimum absolute atomic E-state index is 0.200. The Balaban J connectivity index is 1.60. The Hall–Kier alpha value is -3.40. The van der Waals surface area contributed by atoms with Gasteiger partial charge in [0, 0.05) is 22.5 Å². The molecule has 2 N–H and O–H groups in total. The van der Waals surface area contributed by atoms with Crippen LogP contribution < -0.4 is 10.6 Å². The Bertz CT molecular complexity index is 952. The third-order valence-electron chi connectivity index (χ3n) is 6.11. The standard InChI is InChI=1S/C28H32N2O2/c1-5-19(3)21-11-15-25(16-12-21)29-27(31)23-7-9-24(10-8-23)28(32)30-26-17-13-22(14-18-26)20(4)6-2/h7-20H,5-6H2,1-4H3,(H,29,31)(H,30,32)/t19-,20+. The van der Waals surface area contributed by atoms with Gasteiger partial charge in [-0.2, -0.15) is 0 Å². The lowest BCUT2D eigenvalue weighted by molar-refractivity contribution is 0.101. The minimum Gasteiger partial charge on any atom is -0.322 e. The summed E-state index contributed by atoms with van der Waals surface area (Å²) < 4.78 is 0. The highest BCUT2D eigenvalue weighted by Gasteiger charge is 2.11. The summed E-state index contributed by atoms with van der Waals surface area (Å²) in [5.41, 5.74) is 5.04. The second-order valence-electron chi connectivity index (χ2n) is 8.35. The molecule has 3 rings (SSSR count). The number of hydrogen-bond donors (Lipinski definition) is 2. The third-order valence-corrected chi connectivity index (χ3v) is 6.11. The number of anilines is 2. The van der Waals surface area contributed by atoms with Gasteiger partial charge >= 0.3 is 0 Å². The van der Waals surface area contributed by atoms with Gasteiger partial charge in [0.05, 0.1) is 0 Å². The van der Waals surface area contributed by atoms with Gasteiger partial charge in [-0.05, 0) is 84.3 Å². The third kappa shape index (κ3) is 5.85. The van der Waals surface area contributed by atoms with Crippen LogP contribution in [0.5, 0.6) is 0 Å². The van der Waals surface area contributed by atoms with Crippen LogP contribution in [0.15, 0.2) is 72.8 Å². The Morgan fingerprint density at radius 1 is 0.594 bits per heavy atom. The molecule has 0 aliphatic rings. The number of hydrogen-bond acceptors (Lipinski definition) is 2. The van der Waals surface area contributed by atoms with E-state index in [1.807, 2.05) is 48.5 Å². The van der Waals surface area contributed by atoms with Crippen molar-refractivity contribution in [3.8, 4) is 0 Å². The maximum Gasteiger partial charge on any atom is 0.255 e. The predicted molar refractivity (Wildman–Crippen MR) is 133 cm³/mol. The van der Waals surface area contributed by atoms with Crippen molar-refractivity contribution < 1.29 is 9.59 Å². The molecule has 0 bridgehead atoms. The summed E-state index contributed by atoms with van der Waals surface area (Å²) in [6.45, 7) is 8.70. The van der Waals surface area contributed by atoms with E-state index in [-0.39, 0.29) is 11.8 Å². The summed E-state index contributed by atoms with van der Waals surface area (Å²) in [6.07, 6.45) is 2.16. The zero-order valence-corrected chi connectivity index (χ0v) is 19.3. The second-order valence-corrected chi connectivity index (χ2v) is 8.35. The van der Waals surface area contributed by atoms with Gasteiger partial charge in [-0.15, -0.1) is 0 Å². The molecule has 32 heavy (non-hydrogen) atoms. The van der Waals surface area contributed by atoms with Gasteiger partial charge in [0.25, 0.3) is 11.8 Å². The number of carbonyl (C=O) groups is 2. The van der Waals surface area contributed by atoms with Crippen LogP contribution in [0.25, 0.3) is 0 Å². The van der Waals surface area contributed by atoms with Crippen molar-refractivity contribution in [3.63, 3.8) is 0 Å². The summed E-state index contributed by atoms with van der Waals surface area (Å²) in [4.78, 5) is 25.1. The van der Waals surface area contributed by atoms with Crippen molar-refractivity contribution in [1.82, 2.24) is 0 Å². The molecule has 0 spiro atoms. The Morgan fingerprint density at radius 3 is 1.19 bits per heavy atom. The van der Waals surface area contributed by atoms with Gasteiger partial charge in [-0.1, -0.05) is 52.0 Å². The van der Waals surface area contributed by atoms with Crippen molar-refractivity contribution in [2.24, 2.45) is 0 Å². The highest BCUT2D eigenvalue weighted by molar-refractivity contribution is 6.07. The van der Waals surface area contributed by atoms with Crippen LogP contribution in [0.2, 0.25) is 0 Å². The predicted octanol–water partition coefficient (Wildman–Crippen LogP) is 7.22. The van der Waals surface area contributed by atoms with Gasteiger partial charge in [0.1, 0.15) is 0 Å². The molecule has 0 heterocycles. The molecule has 2 atom stereocenters. The number of amides is 2. The van der Waals surface area contributed by atoms with Crippen LogP contribution in [-0.4, -0.2) is 11.8 Å². The van der Waals surface area contributed by atoms with Crippen LogP contribution in [0.1, 0.15) is 84.2 Å². The molecule has 0 unspecified atom stereocenters. The first-order valence-electron chi connectivity index (χ1n) is 11.3. The molecular formula is C28H32N2O2. The monoisotopic (exact) mass is 428 g/mol. The minimum atomic E-state index is -0.200. The van der Waals surface area contributed by atoms with Crippen molar-refractivity contribution in [2.75, 3.05) is 10.6 Å². The van der Waals surface area contributed by atoms with Gasteiger partial charge in [0.15, 0.2) is 0 Å². The van der Waals surface area contributed by atoms with Crippen molar-refractivity contribution >= 4 is 23.2 Å². The maximum absolute atomic E-state index is 12.6. The van der Waals surface area contributed by atoms with E-state index >= 15 is 0 Å². The first-order valence-corrected chi connectivity index (χ1v) is 11.3. The fourth-order valence-electron chi connectivity index (χ4n) is 3.44. The zero-order chi connectivity index (χ0) is 23.1. The van der Waals surface area contributed by atoms with Crippen LogP contribution in [0.3, 0.4) is 0 Å². The smallest absolute Gasteiger partial charge is 0.255 e. The van der Waals surface area contributed by atoms with Crippen molar-refractivity contribution in [3.05, 3.63) is 95.1 Å². The van der Waals surface area contributed by atoms with E-state index in [0.717, 1.165) is 24.2 Å². The molecule has 0 aliphatic carbocycles. The quantitative estimate of drug-likeness (QED) is 0.398. The fraction of sp³-hybridized carbons (Fsp3) is 0.286. The molecule has 0 saturated heterocycles. The summed E-state index contributed by atoms with van der Waals surface area (Å²) in [5.74, 6) is 0.593. The van der Waals surface area contributed by atoms with Gasteiger partial charge in [-0.25, -0.2) is 0 Å². The highest BCUT2D eigenvalue weighted by atomic mass is 16.2. The van der Waals surface area contributed by atoms with E-state index in [1.165, 1.54) is 11.1 Å². The molecule has 2 amide bonds. The molecule has 166 valence electrons. The topological polar surface area (TPSA) is 58.2 Å². The molecule has 3 aromatic carbocycles. The van der Waals surface area contributed by atoms with E-state index in [4.69, 9.17) is 0 Å². The molecular weight excluding hydrogens is 396 g/mol. The van der Waals surface area contributed by atoms with Crippen LogP contribution in [-0.2, 0) is 0 Å². The Kier molecular flexibility index (Phi) is 7.82. The molecule has 0 aliphatic heterocycles. The molecule has 3 aromatic rings. The number of carbonyl (C=O) groups excluding carboxylic acids is 2. The first-order chi connectivity index (χ1) is 15.4. The Labute approximate surface area is 191 Å². The van der Waals surface area contributed by atoms with E-state index in [1.54, 1.807) is 24.3 Å². The van der Waals surface area contributed by atoms with Gasteiger partial charge < -0.3 is 10.6 Å². The first kappa shape index (κ1) is 23.3. The van der Waals surface area contributed by atoms with E-state index < -0.39 is 0 Å². The van der Waals surface area contributed by atoms with Gasteiger partial charge in [0.2, 0.25) is 0 Å². The number of rotatable bonds is 8. The van der Waals surface area contributed by atoms with E-state index in [0.29, 0.717) is 23.0 Å². The Morgan fingerprint density at radius 2 is 0.906 bits per heavy atom. The van der Waals surface area contributed by atoms with Crippen LogP contribution in [0, 0.1) is 0 Å². The second kappa shape index (κ2) is 10.8. The molecule has 4 heteroatoms. The number of benzene rings is 3. The zero-order valence-electron chi connectivity index (χ0n) is 19.3. The summed E-state index contributed by atoms with van der Waals surface area (Å²) in [7, 11) is 0. The fourth-order valence-corrected chi connectivity index (χ4v) is 3.44. The average molecular weight is 429 g/mol. The maximum atomic E-state index is 12.6. The largest absolute Gasteiger partial charge is 0.322 e. The average Bonchev–Trinajstić information content (AvgIpc) is 2.84. The van der Waals surface area contributed by atoms with Crippen LogP contribution >= 0.6 is 0 Å². The van der Waals surface area contributed by atoms with Crippen LogP contribution in [0.4, 0.5) is 11.4 Å². The lowest BCUT2D eigenvalue weighted by atomic mass is 9.98. The number of nitrogens with one attached hydrogen (secondary N) is 2. The van der Waals surface area contributed by atoms with E-state index in [9.17, 15) is 9.59 Å². The molecule has 0 fully saturated rings. The normalized spacial score (nSPS) is 12.6. The van der Waals surface area contributed by atoms with Crippen molar-refractivity contribution in [2.45, 2.75) is 52.4 Å². The molecule has 0 aromatic heterocycles. The lowest BCUT2D eigenvalue weighted by Gasteiger charge is -2.11. The molecule has 4 nitrogen and oxygen atoms in total. The van der Waals surface area contributed by atoms with E-state index in [2.05, 4.69) is 38.3 Å². The summed E-state index contributed by atoms with van der Waals surface area (Å²) in [5, 5.41) is 5.82. The highest BCUT2D eigenvalue weighted by Crippen LogP contribution is 2.22. The lowest BCUT2D eigenvalue weighted by Crippen LogP contribution is -2.14. The van der Waals surface area contributed by atoms with Gasteiger partial charge in [-0.3, -0.25) is 9.59 Å². The summed E-state index contributed by atoms with van der Waals surface area (Å²) in [6, 6.07) is 22.6. The van der Waals surface area contributed by atoms with Crippen molar-refractivity contribution in [1.29, 1.82) is 0 Å².